The third-order valence-electron chi connectivity index (χ3n) is 2.78. The molecule has 1 atom stereocenters. The van der Waals surface area contributed by atoms with Crippen LogP contribution in [-0.2, 0) is 4.79 Å². The summed E-state index contributed by atoms with van der Waals surface area (Å²) in [6, 6.07) is 7.39. The van der Waals surface area contributed by atoms with Crippen LogP contribution in [0, 0.1) is 0 Å². The van der Waals surface area contributed by atoms with Gasteiger partial charge in [0.25, 0.3) is 0 Å². The molecule has 0 saturated heterocycles. The first-order chi connectivity index (χ1) is 9.02. The number of amides is 1. The number of hydrogen-bond donors (Lipinski definition) is 2. The Morgan fingerprint density at radius 3 is 2.63 bits per heavy atom. The van der Waals surface area contributed by atoms with Crippen LogP contribution >= 0.6 is 11.6 Å². The highest BCUT2D eigenvalue weighted by atomic mass is 35.5. The second-order valence-electron chi connectivity index (χ2n) is 4.62. The molecule has 0 saturated carbocycles. The van der Waals surface area contributed by atoms with Crippen LogP contribution in [-0.4, -0.2) is 23.7 Å². The maximum Gasteiger partial charge on any atom is 0.247 e. The lowest BCUT2D eigenvalue weighted by Gasteiger charge is -2.13. The van der Waals surface area contributed by atoms with Crippen molar-refractivity contribution in [1.82, 2.24) is 5.32 Å². The molecular formula is C15H20ClNO2. The van der Waals surface area contributed by atoms with E-state index >= 15 is 0 Å². The van der Waals surface area contributed by atoms with E-state index in [9.17, 15) is 4.79 Å². The zero-order valence-corrected chi connectivity index (χ0v) is 12.1. The van der Waals surface area contributed by atoms with E-state index in [0.29, 0.717) is 17.0 Å². The molecule has 4 heteroatoms. The molecular weight excluding hydrogens is 262 g/mol. The predicted octanol–water partition coefficient (Wildman–Crippen LogP) is 3.02. The Kier molecular flexibility index (Phi) is 6.60. The van der Waals surface area contributed by atoms with Crippen LogP contribution in [0.2, 0.25) is 5.02 Å². The van der Waals surface area contributed by atoms with Gasteiger partial charge in [-0.2, -0.15) is 0 Å². The summed E-state index contributed by atoms with van der Waals surface area (Å²) in [6.45, 7) is 3.87. The van der Waals surface area contributed by atoms with Gasteiger partial charge in [-0.15, -0.1) is 0 Å². The van der Waals surface area contributed by atoms with Gasteiger partial charge >= 0.3 is 0 Å². The fourth-order valence-electron chi connectivity index (χ4n) is 1.68. The molecule has 0 aromatic heterocycles. The quantitative estimate of drug-likeness (QED) is 0.788. The Morgan fingerprint density at radius 1 is 1.42 bits per heavy atom. The van der Waals surface area contributed by atoms with E-state index in [1.54, 1.807) is 19.1 Å². The van der Waals surface area contributed by atoms with Gasteiger partial charge in [0.2, 0.25) is 5.91 Å². The Hall–Kier alpha value is -1.32. The third kappa shape index (κ3) is 5.90. The maximum absolute atomic E-state index is 11.9. The maximum atomic E-state index is 11.9. The van der Waals surface area contributed by atoms with E-state index in [-0.39, 0.29) is 18.6 Å². The van der Waals surface area contributed by atoms with Crippen molar-refractivity contribution < 1.29 is 9.90 Å². The lowest BCUT2D eigenvalue weighted by Crippen LogP contribution is -2.33. The van der Waals surface area contributed by atoms with Crippen LogP contribution in [0.5, 0.6) is 0 Å². The molecule has 0 heterocycles. The van der Waals surface area contributed by atoms with Gasteiger partial charge in [0.15, 0.2) is 0 Å². The Morgan fingerprint density at radius 2 is 2.05 bits per heavy atom. The van der Waals surface area contributed by atoms with Gasteiger partial charge < -0.3 is 10.4 Å². The Bertz CT molecular complexity index is 440. The molecule has 1 aromatic rings. The van der Waals surface area contributed by atoms with Crippen LogP contribution in [0.1, 0.15) is 32.3 Å². The molecule has 0 spiro atoms. The van der Waals surface area contributed by atoms with E-state index in [1.807, 2.05) is 25.1 Å². The zero-order chi connectivity index (χ0) is 14.3. The molecule has 3 nitrogen and oxygen atoms in total. The van der Waals surface area contributed by atoms with Gasteiger partial charge in [-0.1, -0.05) is 23.7 Å². The lowest BCUT2D eigenvalue weighted by molar-refractivity contribution is -0.118. The normalized spacial score (nSPS) is 13.2. The van der Waals surface area contributed by atoms with Gasteiger partial charge in [-0.05, 0) is 50.5 Å². The molecule has 1 aromatic carbocycles. The zero-order valence-electron chi connectivity index (χ0n) is 11.3. The van der Waals surface area contributed by atoms with E-state index in [4.69, 9.17) is 16.7 Å². The second-order valence-corrected chi connectivity index (χ2v) is 5.06. The summed E-state index contributed by atoms with van der Waals surface area (Å²) in [5.41, 5.74) is 1.60. The highest BCUT2D eigenvalue weighted by Gasteiger charge is 2.08. The highest BCUT2D eigenvalue weighted by Crippen LogP contribution is 2.12. The van der Waals surface area contributed by atoms with Crippen LogP contribution in [0.15, 0.2) is 29.8 Å². The number of aliphatic hydroxyl groups excluding tert-OH is 1. The molecule has 2 N–H and O–H groups in total. The van der Waals surface area contributed by atoms with Gasteiger partial charge in [0, 0.05) is 23.2 Å². The number of carbonyl (C=O) groups excluding carboxylic acids is 1. The molecule has 1 amide bonds. The number of rotatable bonds is 6. The molecule has 1 unspecified atom stereocenters. The molecule has 0 aliphatic rings. The van der Waals surface area contributed by atoms with Crippen LogP contribution in [0.3, 0.4) is 0 Å². The summed E-state index contributed by atoms with van der Waals surface area (Å²) >= 11 is 5.81. The topological polar surface area (TPSA) is 49.3 Å². The van der Waals surface area contributed by atoms with Crippen molar-refractivity contribution in [3.8, 4) is 0 Å². The SMILES string of the molecule is C/C(=C\c1ccc(Cl)cc1)C(=O)NC(C)CCCO. The van der Waals surface area contributed by atoms with E-state index in [0.717, 1.165) is 12.0 Å². The minimum atomic E-state index is -0.0830. The van der Waals surface area contributed by atoms with Crippen molar-refractivity contribution in [2.75, 3.05) is 6.61 Å². The smallest absolute Gasteiger partial charge is 0.247 e. The van der Waals surface area contributed by atoms with Gasteiger partial charge in [0.05, 0.1) is 0 Å². The number of halogens is 1. The molecule has 1 rings (SSSR count). The standard InChI is InChI=1S/C15H20ClNO2/c1-11(10-13-5-7-14(16)8-6-13)15(19)17-12(2)4-3-9-18/h5-8,10,12,18H,3-4,9H2,1-2H3,(H,17,19)/b11-10+. The minimum Gasteiger partial charge on any atom is -0.396 e. The molecule has 0 aliphatic carbocycles. The largest absolute Gasteiger partial charge is 0.396 e. The van der Waals surface area contributed by atoms with Crippen molar-refractivity contribution in [2.24, 2.45) is 0 Å². The van der Waals surface area contributed by atoms with Crippen molar-refractivity contribution in [3.05, 3.63) is 40.4 Å². The predicted molar refractivity (Wildman–Crippen MR) is 79.0 cm³/mol. The van der Waals surface area contributed by atoms with Crippen LogP contribution in [0.25, 0.3) is 6.08 Å². The fourth-order valence-corrected chi connectivity index (χ4v) is 1.81. The minimum absolute atomic E-state index is 0.0632. The van der Waals surface area contributed by atoms with E-state index in [2.05, 4.69) is 5.32 Å². The van der Waals surface area contributed by atoms with Crippen LogP contribution in [0.4, 0.5) is 0 Å². The Labute approximate surface area is 119 Å². The summed E-state index contributed by atoms with van der Waals surface area (Å²) in [4.78, 5) is 11.9. The van der Waals surface area contributed by atoms with Gasteiger partial charge in [0.1, 0.15) is 0 Å². The van der Waals surface area contributed by atoms with E-state index in [1.165, 1.54) is 0 Å². The highest BCUT2D eigenvalue weighted by molar-refractivity contribution is 6.30. The third-order valence-corrected chi connectivity index (χ3v) is 3.04. The first kappa shape index (κ1) is 15.7. The monoisotopic (exact) mass is 281 g/mol. The second kappa shape index (κ2) is 7.97. The average Bonchev–Trinajstić information content (AvgIpc) is 2.39. The fraction of sp³-hybridized carbons (Fsp3) is 0.400. The average molecular weight is 282 g/mol. The van der Waals surface area contributed by atoms with Crippen LogP contribution < -0.4 is 5.32 Å². The van der Waals surface area contributed by atoms with Gasteiger partial charge in [-0.3, -0.25) is 4.79 Å². The molecule has 104 valence electrons. The molecule has 0 bridgehead atoms. The van der Waals surface area contributed by atoms with Gasteiger partial charge in [-0.25, -0.2) is 0 Å². The summed E-state index contributed by atoms with van der Waals surface area (Å²) in [6.07, 6.45) is 3.29. The summed E-state index contributed by atoms with van der Waals surface area (Å²) in [5.74, 6) is -0.0830. The molecule has 0 radical (unpaired) electrons. The molecule has 19 heavy (non-hydrogen) atoms. The van der Waals surface area contributed by atoms with Crippen molar-refractivity contribution >= 4 is 23.6 Å². The van der Waals surface area contributed by atoms with Crippen molar-refractivity contribution in [1.29, 1.82) is 0 Å². The number of carbonyl (C=O) groups is 1. The lowest BCUT2D eigenvalue weighted by atomic mass is 10.1. The molecule has 0 fully saturated rings. The van der Waals surface area contributed by atoms with E-state index < -0.39 is 0 Å². The summed E-state index contributed by atoms with van der Waals surface area (Å²) in [7, 11) is 0. The first-order valence-electron chi connectivity index (χ1n) is 6.38. The number of nitrogens with one attached hydrogen (secondary N) is 1. The van der Waals surface area contributed by atoms with Crippen molar-refractivity contribution in [3.63, 3.8) is 0 Å². The number of benzene rings is 1. The summed E-state index contributed by atoms with van der Waals surface area (Å²) in [5, 5.41) is 12.3. The first-order valence-corrected chi connectivity index (χ1v) is 6.76. The van der Waals surface area contributed by atoms with Crippen molar-refractivity contribution in [2.45, 2.75) is 32.7 Å². The Balaban J connectivity index is 2.58. The number of aliphatic hydroxyl groups is 1. The molecule has 0 aliphatic heterocycles. The summed E-state index contributed by atoms with van der Waals surface area (Å²) < 4.78 is 0. The number of hydrogen-bond acceptors (Lipinski definition) is 2.